The normalized spacial score (nSPS) is 10.4. The van der Waals surface area contributed by atoms with E-state index < -0.39 is 6.10 Å². The predicted molar refractivity (Wildman–Crippen MR) is 25.1 cm³/mol. The van der Waals surface area contributed by atoms with Gasteiger partial charge >= 0.3 is 0 Å². The number of aliphatic hydroxyl groups excluding tert-OH is 1. The van der Waals surface area contributed by atoms with Gasteiger partial charge < -0.3 is 5.11 Å². The molecule has 0 spiro atoms. The fourth-order valence-corrected chi connectivity index (χ4v) is 0.137. The van der Waals surface area contributed by atoms with Crippen molar-refractivity contribution in [2.75, 3.05) is 0 Å². The molecule has 0 aromatic rings. The van der Waals surface area contributed by atoms with E-state index in [1.165, 1.54) is 6.92 Å². The number of hydrogen-bond donors (Lipinski definition) is 1. The summed E-state index contributed by atoms with van der Waals surface area (Å²) in [5.74, 6) is 4.29. The average Bonchev–Trinajstić information content (AvgIpc) is 1.61. The Kier molecular flexibility index (Phi) is 2.76. The van der Waals surface area contributed by atoms with E-state index in [9.17, 15) is 0 Å². The van der Waals surface area contributed by atoms with Crippen molar-refractivity contribution in [3.8, 4) is 17.9 Å². The van der Waals surface area contributed by atoms with Crippen LogP contribution >= 0.6 is 0 Å². The summed E-state index contributed by atoms with van der Waals surface area (Å²) in [5.41, 5.74) is 0. The Hall–Kier alpha value is -0.990. The molecule has 0 fully saturated rings. The van der Waals surface area contributed by atoms with E-state index in [2.05, 4.69) is 11.8 Å². The molecule has 1 unspecified atom stereocenters. The quantitative estimate of drug-likeness (QED) is 0.427. The first-order chi connectivity index (χ1) is 3.27. The summed E-state index contributed by atoms with van der Waals surface area (Å²) in [6, 6.07) is 1.58. The van der Waals surface area contributed by atoms with E-state index in [-0.39, 0.29) is 0 Å². The first-order valence-electron chi connectivity index (χ1n) is 1.85. The molecule has 0 aliphatic heterocycles. The second kappa shape index (κ2) is 3.21. The van der Waals surface area contributed by atoms with Gasteiger partial charge in [-0.05, 0) is 6.92 Å². The summed E-state index contributed by atoms with van der Waals surface area (Å²) in [6.07, 6.45) is -0.681. The van der Waals surface area contributed by atoms with Crippen LogP contribution in [0.3, 0.4) is 0 Å². The topological polar surface area (TPSA) is 44.0 Å². The fraction of sp³-hybridized carbons (Fsp3) is 0.400. The van der Waals surface area contributed by atoms with Crippen molar-refractivity contribution in [3.05, 3.63) is 0 Å². The van der Waals surface area contributed by atoms with Gasteiger partial charge in [-0.1, -0.05) is 5.92 Å². The van der Waals surface area contributed by atoms with Crippen molar-refractivity contribution in [2.24, 2.45) is 0 Å². The zero-order valence-electron chi connectivity index (χ0n) is 3.97. The van der Waals surface area contributed by atoms with Crippen LogP contribution in [-0.2, 0) is 0 Å². The van der Waals surface area contributed by atoms with Gasteiger partial charge in [-0.15, -0.1) is 0 Å². The Labute approximate surface area is 42.4 Å². The molecular formula is C5H5NO. The van der Waals surface area contributed by atoms with Crippen molar-refractivity contribution in [1.29, 1.82) is 5.26 Å². The van der Waals surface area contributed by atoms with E-state index in [0.717, 1.165) is 0 Å². The summed E-state index contributed by atoms with van der Waals surface area (Å²) in [4.78, 5) is 0. The van der Waals surface area contributed by atoms with Crippen molar-refractivity contribution in [2.45, 2.75) is 13.0 Å². The highest BCUT2D eigenvalue weighted by molar-refractivity contribution is 5.18. The maximum Gasteiger partial charge on any atom is 0.152 e. The van der Waals surface area contributed by atoms with Gasteiger partial charge in [0.05, 0.1) is 0 Å². The van der Waals surface area contributed by atoms with Crippen LogP contribution in [0, 0.1) is 23.2 Å². The molecule has 0 radical (unpaired) electrons. The summed E-state index contributed by atoms with van der Waals surface area (Å²) >= 11 is 0. The number of nitrogens with zero attached hydrogens (tertiary/aromatic N) is 1. The lowest BCUT2D eigenvalue weighted by Gasteiger charge is -1.81. The van der Waals surface area contributed by atoms with Gasteiger partial charge in [-0.2, -0.15) is 5.26 Å². The highest BCUT2D eigenvalue weighted by atomic mass is 16.3. The largest absolute Gasteiger partial charge is 0.381 e. The lowest BCUT2D eigenvalue weighted by atomic mass is 10.4. The number of nitriles is 1. The minimum Gasteiger partial charge on any atom is -0.381 e. The van der Waals surface area contributed by atoms with E-state index in [1.807, 2.05) is 0 Å². The number of hydrogen-bond acceptors (Lipinski definition) is 2. The minimum atomic E-state index is -0.681. The lowest BCUT2D eigenvalue weighted by Crippen LogP contribution is -1.91. The molecule has 1 N–H and O–H groups in total. The van der Waals surface area contributed by atoms with E-state index in [4.69, 9.17) is 10.4 Å². The van der Waals surface area contributed by atoms with Crippen LogP contribution in [0.2, 0.25) is 0 Å². The average molecular weight is 95.1 g/mol. The Morgan fingerprint density at radius 2 is 2.29 bits per heavy atom. The highest BCUT2D eigenvalue weighted by Gasteiger charge is 1.78. The molecule has 36 valence electrons. The van der Waals surface area contributed by atoms with Gasteiger partial charge in [0.15, 0.2) is 6.07 Å². The van der Waals surface area contributed by atoms with Gasteiger partial charge in [-0.3, -0.25) is 0 Å². The van der Waals surface area contributed by atoms with Crippen LogP contribution in [0.15, 0.2) is 0 Å². The van der Waals surface area contributed by atoms with Crippen LogP contribution in [0.25, 0.3) is 0 Å². The molecular weight excluding hydrogens is 90.1 g/mol. The second-order valence-corrected chi connectivity index (χ2v) is 1.06. The molecule has 0 aromatic heterocycles. The van der Waals surface area contributed by atoms with Crippen molar-refractivity contribution < 1.29 is 5.11 Å². The molecule has 0 saturated heterocycles. The third-order valence-corrected chi connectivity index (χ3v) is 0.337. The molecule has 7 heavy (non-hydrogen) atoms. The molecule has 0 heterocycles. The van der Waals surface area contributed by atoms with Gasteiger partial charge in [0.1, 0.15) is 6.10 Å². The Morgan fingerprint density at radius 1 is 1.71 bits per heavy atom. The third kappa shape index (κ3) is 5.01. The number of aliphatic hydroxyl groups is 1. The first kappa shape index (κ1) is 6.01. The van der Waals surface area contributed by atoms with Crippen molar-refractivity contribution in [3.63, 3.8) is 0 Å². The molecule has 2 heteroatoms. The zero-order chi connectivity index (χ0) is 5.70. The molecule has 0 rings (SSSR count). The van der Waals surface area contributed by atoms with Gasteiger partial charge in [0, 0.05) is 5.92 Å². The summed E-state index contributed by atoms with van der Waals surface area (Å²) < 4.78 is 0. The molecule has 0 bridgehead atoms. The van der Waals surface area contributed by atoms with Gasteiger partial charge in [-0.25, -0.2) is 0 Å². The maximum absolute atomic E-state index is 8.36. The Bertz CT molecular complexity index is 132. The molecule has 0 aromatic carbocycles. The summed E-state index contributed by atoms with van der Waals surface area (Å²) in [7, 11) is 0. The highest BCUT2D eigenvalue weighted by Crippen LogP contribution is 1.69. The number of rotatable bonds is 0. The monoisotopic (exact) mass is 95.0 g/mol. The Balaban J connectivity index is 3.50. The predicted octanol–water partition coefficient (Wildman–Crippen LogP) is -0.106. The molecule has 0 aliphatic rings. The first-order valence-corrected chi connectivity index (χ1v) is 1.85. The van der Waals surface area contributed by atoms with Crippen LogP contribution in [0.1, 0.15) is 6.92 Å². The zero-order valence-corrected chi connectivity index (χ0v) is 3.97. The van der Waals surface area contributed by atoms with E-state index in [1.54, 1.807) is 6.07 Å². The van der Waals surface area contributed by atoms with Gasteiger partial charge in [0.25, 0.3) is 0 Å². The fourth-order valence-electron chi connectivity index (χ4n) is 0.137. The van der Waals surface area contributed by atoms with Crippen LogP contribution in [0.5, 0.6) is 0 Å². The Morgan fingerprint density at radius 3 is 2.43 bits per heavy atom. The van der Waals surface area contributed by atoms with E-state index in [0.29, 0.717) is 0 Å². The van der Waals surface area contributed by atoms with Crippen LogP contribution in [-0.4, -0.2) is 11.2 Å². The SMILES string of the molecule is CC(O)C#CC#N. The second-order valence-electron chi connectivity index (χ2n) is 1.06. The van der Waals surface area contributed by atoms with Crippen molar-refractivity contribution >= 4 is 0 Å². The van der Waals surface area contributed by atoms with Crippen molar-refractivity contribution in [1.82, 2.24) is 0 Å². The molecule has 0 amide bonds. The summed E-state index contributed by atoms with van der Waals surface area (Å²) in [5, 5.41) is 16.1. The van der Waals surface area contributed by atoms with E-state index >= 15 is 0 Å². The van der Waals surface area contributed by atoms with Crippen LogP contribution < -0.4 is 0 Å². The third-order valence-electron chi connectivity index (χ3n) is 0.337. The van der Waals surface area contributed by atoms with Gasteiger partial charge in [0.2, 0.25) is 0 Å². The van der Waals surface area contributed by atoms with Crippen LogP contribution in [0.4, 0.5) is 0 Å². The lowest BCUT2D eigenvalue weighted by molar-refractivity contribution is 0.253. The maximum atomic E-state index is 8.36. The minimum absolute atomic E-state index is 0.681. The molecule has 1 atom stereocenters. The smallest absolute Gasteiger partial charge is 0.152 e. The summed E-state index contributed by atoms with van der Waals surface area (Å²) in [6.45, 7) is 1.50. The molecule has 0 saturated carbocycles. The standard InChI is InChI=1S/C5H5NO/c1-5(7)3-2-4-6/h5,7H,1H3. The molecule has 0 aliphatic carbocycles. The molecule has 2 nitrogen and oxygen atoms in total.